The van der Waals surface area contributed by atoms with Crippen LogP contribution in [0.1, 0.15) is 18.5 Å². The summed E-state index contributed by atoms with van der Waals surface area (Å²) >= 11 is 0. The lowest BCUT2D eigenvalue weighted by Gasteiger charge is -2.23. The molecule has 5 nitrogen and oxygen atoms in total. The van der Waals surface area contributed by atoms with Crippen molar-refractivity contribution in [3.63, 3.8) is 0 Å². The van der Waals surface area contributed by atoms with Crippen LogP contribution in [0.3, 0.4) is 0 Å². The van der Waals surface area contributed by atoms with Crippen LogP contribution in [-0.4, -0.2) is 37.2 Å². The Morgan fingerprint density at radius 2 is 2.21 bits per heavy atom. The number of alkyl carbamates (subject to hydrolysis) is 1. The van der Waals surface area contributed by atoms with E-state index in [0.717, 1.165) is 5.56 Å². The number of nitrogens with zero attached hydrogens (tertiary/aromatic N) is 2. The third kappa shape index (κ3) is 3.01. The quantitative estimate of drug-likeness (QED) is 0.888. The average molecular weight is 265 g/mol. The summed E-state index contributed by atoms with van der Waals surface area (Å²) in [6.07, 6.45) is -0.521. The summed E-state index contributed by atoms with van der Waals surface area (Å²) in [5, 5.41) is 2.58. The second-order valence-electron chi connectivity index (χ2n) is 4.19. The summed E-state index contributed by atoms with van der Waals surface area (Å²) in [5.74, 6) is 0.197. The molecule has 1 atom stereocenters. The number of aliphatic imine (C=N–C) groups is 1. The number of nitrogens with one attached hydrogen (secondary N) is 1. The van der Waals surface area contributed by atoms with Gasteiger partial charge in [0.05, 0.1) is 19.2 Å². The van der Waals surface area contributed by atoms with E-state index in [-0.39, 0.29) is 11.9 Å². The Hall–Kier alpha value is -2.11. The smallest absolute Gasteiger partial charge is 0.413 e. The van der Waals surface area contributed by atoms with Gasteiger partial charge in [-0.2, -0.15) is 0 Å². The van der Waals surface area contributed by atoms with Crippen molar-refractivity contribution in [1.82, 2.24) is 10.2 Å². The van der Waals surface area contributed by atoms with Crippen molar-refractivity contribution in [3.05, 3.63) is 35.6 Å². The first-order valence-corrected chi connectivity index (χ1v) is 6.08. The molecule has 1 aliphatic rings. The van der Waals surface area contributed by atoms with Gasteiger partial charge in [-0.1, -0.05) is 12.1 Å². The average Bonchev–Trinajstić information content (AvgIpc) is 2.73. The van der Waals surface area contributed by atoms with Gasteiger partial charge in [0.15, 0.2) is 0 Å². The standard InChI is InChI=1S/C13H16FN3O2/c1-3-19-13(18)16-12-15-8-11(17(12)2)9-4-6-10(14)7-5-9/h4-7,11H,3,8H2,1-2H3,(H,15,16,18). The molecule has 1 heterocycles. The van der Waals surface area contributed by atoms with E-state index >= 15 is 0 Å². The molecular weight excluding hydrogens is 249 g/mol. The first-order chi connectivity index (χ1) is 9.11. The summed E-state index contributed by atoms with van der Waals surface area (Å²) in [4.78, 5) is 17.4. The van der Waals surface area contributed by atoms with Gasteiger partial charge in [-0.25, -0.2) is 9.18 Å². The van der Waals surface area contributed by atoms with Crippen molar-refractivity contribution in [3.8, 4) is 0 Å². The van der Waals surface area contributed by atoms with Crippen molar-refractivity contribution in [2.75, 3.05) is 20.2 Å². The first kappa shape index (κ1) is 13.3. The van der Waals surface area contributed by atoms with Crippen molar-refractivity contribution in [2.24, 2.45) is 4.99 Å². The van der Waals surface area contributed by atoms with Crippen LogP contribution in [0.15, 0.2) is 29.3 Å². The molecule has 1 aliphatic heterocycles. The predicted octanol–water partition coefficient (Wildman–Crippen LogP) is 1.91. The second kappa shape index (κ2) is 5.69. The van der Waals surface area contributed by atoms with Crippen LogP contribution >= 0.6 is 0 Å². The summed E-state index contributed by atoms with van der Waals surface area (Å²) < 4.78 is 17.7. The highest BCUT2D eigenvalue weighted by atomic mass is 19.1. The van der Waals surface area contributed by atoms with Gasteiger partial charge in [0, 0.05) is 7.05 Å². The Balaban J connectivity index is 2.02. The van der Waals surface area contributed by atoms with E-state index in [4.69, 9.17) is 4.74 Å². The minimum Gasteiger partial charge on any atom is -0.450 e. The topological polar surface area (TPSA) is 53.9 Å². The number of benzene rings is 1. The van der Waals surface area contributed by atoms with E-state index in [2.05, 4.69) is 10.3 Å². The molecule has 1 aromatic carbocycles. The minimum atomic E-state index is -0.521. The third-order valence-corrected chi connectivity index (χ3v) is 2.96. The minimum absolute atomic E-state index is 0.00229. The molecule has 1 N–H and O–H groups in total. The van der Waals surface area contributed by atoms with Gasteiger partial charge in [-0.05, 0) is 24.6 Å². The fourth-order valence-corrected chi connectivity index (χ4v) is 1.95. The second-order valence-corrected chi connectivity index (χ2v) is 4.19. The summed E-state index contributed by atoms with van der Waals surface area (Å²) in [6.45, 7) is 2.56. The van der Waals surface area contributed by atoms with Crippen LogP contribution in [0.25, 0.3) is 0 Å². The number of carbonyl (C=O) groups is 1. The van der Waals surface area contributed by atoms with Gasteiger partial charge in [0.2, 0.25) is 5.96 Å². The highest BCUT2D eigenvalue weighted by molar-refractivity contribution is 5.94. The Labute approximate surface area is 111 Å². The van der Waals surface area contributed by atoms with Crippen molar-refractivity contribution < 1.29 is 13.9 Å². The number of amides is 1. The van der Waals surface area contributed by atoms with Crippen LogP contribution in [-0.2, 0) is 4.74 Å². The molecule has 1 aromatic rings. The molecule has 6 heteroatoms. The zero-order valence-electron chi connectivity index (χ0n) is 10.9. The molecule has 0 radical (unpaired) electrons. The first-order valence-electron chi connectivity index (χ1n) is 6.08. The fraction of sp³-hybridized carbons (Fsp3) is 0.385. The number of halogens is 1. The van der Waals surface area contributed by atoms with Gasteiger partial charge in [-0.3, -0.25) is 10.3 Å². The molecule has 0 spiro atoms. The van der Waals surface area contributed by atoms with Crippen molar-refractivity contribution in [2.45, 2.75) is 13.0 Å². The van der Waals surface area contributed by atoms with Gasteiger partial charge < -0.3 is 9.64 Å². The highest BCUT2D eigenvalue weighted by Crippen LogP contribution is 2.24. The lowest BCUT2D eigenvalue weighted by molar-refractivity contribution is 0.156. The summed E-state index contributed by atoms with van der Waals surface area (Å²) in [5.41, 5.74) is 0.952. The number of guanidine groups is 1. The van der Waals surface area contributed by atoms with Gasteiger partial charge in [0.1, 0.15) is 5.82 Å². The molecule has 0 aliphatic carbocycles. The van der Waals surface area contributed by atoms with E-state index in [9.17, 15) is 9.18 Å². The van der Waals surface area contributed by atoms with E-state index in [1.807, 2.05) is 11.9 Å². The SMILES string of the molecule is CCOC(=O)NC1=NCC(c2ccc(F)cc2)N1C. The number of hydrogen-bond acceptors (Lipinski definition) is 4. The van der Waals surface area contributed by atoms with Crippen molar-refractivity contribution >= 4 is 12.1 Å². The van der Waals surface area contributed by atoms with E-state index in [1.54, 1.807) is 19.1 Å². The lowest BCUT2D eigenvalue weighted by atomic mass is 10.1. The normalized spacial score (nSPS) is 18.2. The van der Waals surface area contributed by atoms with E-state index < -0.39 is 6.09 Å². The Bertz CT molecular complexity index is 487. The van der Waals surface area contributed by atoms with Crippen LogP contribution < -0.4 is 5.32 Å². The number of rotatable bonds is 2. The maximum absolute atomic E-state index is 12.9. The Morgan fingerprint density at radius 1 is 1.53 bits per heavy atom. The summed E-state index contributed by atoms with van der Waals surface area (Å²) in [7, 11) is 1.83. The maximum atomic E-state index is 12.9. The van der Waals surface area contributed by atoms with Crippen molar-refractivity contribution in [1.29, 1.82) is 0 Å². The van der Waals surface area contributed by atoms with Crippen LogP contribution in [0.5, 0.6) is 0 Å². The van der Waals surface area contributed by atoms with Crippen LogP contribution in [0.2, 0.25) is 0 Å². The number of likely N-dealkylation sites (N-methyl/N-ethyl adjacent to an activating group) is 1. The lowest BCUT2D eigenvalue weighted by Crippen LogP contribution is -2.40. The molecule has 0 aromatic heterocycles. The highest BCUT2D eigenvalue weighted by Gasteiger charge is 2.27. The predicted molar refractivity (Wildman–Crippen MR) is 69.4 cm³/mol. The number of carbonyl (C=O) groups excluding carboxylic acids is 1. The molecule has 0 bridgehead atoms. The van der Waals surface area contributed by atoms with Gasteiger partial charge in [0.25, 0.3) is 0 Å². The van der Waals surface area contributed by atoms with Crippen LogP contribution in [0, 0.1) is 5.82 Å². The molecular formula is C13H16FN3O2. The fourth-order valence-electron chi connectivity index (χ4n) is 1.95. The Kier molecular flexibility index (Phi) is 3.99. The van der Waals surface area contributed by atoms with E-state index in [0.29, 0.717) is 19.1 Å². The monoisotopic (exact) mass is 265 g/mol. The van der Waals surface area contributed by atoms with Gasteiger partial charge in [-0.15, -0.1) is 0 Å². The van der Waals surface area contributed by atoms with Gasteiger partial charge >= 0.3 is 6.09 Å². The zero-order chi connectivity index (χ0) is 13.8. The molecule has 1 unspecified atom stereocenters. The van der Waals surface area contributed by atoms with Crippen LogP contribution in [0.4, 0.5) is 9.18 Å². The number of hydrogen-bond donors (Lipinski definition) is 1. The zero-order valence-corrected chi connectivity index (χ0v) is 10.9. The molecule has 0 saturated carbocycles. The number of ether oxygens (including phenoxy) is 1. The molecule has 0 saturated heterocycles. The molecule has 102 valence electrons. The molecule has 0 fully saturated rings. The maximum Gasteiger partial charge on any atom is 0.413 e. The molecule has 2 rings (SSSR count). The largest absolute Gasteiger partial charge is 0.450 e. The van der Waals surface area contributed by atoms with E-state index in [1.165, 1.54) is 12.1 Å². The molecule has 1 amide bonds. The third-order valence-electron chi connectivity index (χ3n) is 2.96. The summed E-state index contributed by atoms with van der Waals surface area (Å²) in [6, 6.07) is 6.27. The molecule has 19 heavy (non-hydrogen) atoms. The Morgan fingerprint density at radius 3 is 2.84 bits per heavy atom.